The normalized spacial score (nSPS) is 12.6. The van der Waals surface area contributed by atoms with E-state index in [1.54, 1.807) is 12.4 Å². The van der Waals surface area contributed by atoms with Crippen molar-refractivity contribution in [1.82, 2.24) is 5.48 Å². The minimum atomic E-state index is -0.385. The Morgan fingerprint density at radius 1 is 1.75 bits per heavy atom. The van der Waals surface area contributed by atoms with Gasteiger partial charge in [0.25, 0.3) is 5.91 Å². The number of carbonyl (C=O) groups excluding carboxylic acids is 1. The molecule has 1 amide bonds. The van der Waals surface area contributed by atoms with E-state index in [1.165, 1.54) is 11.3 Å². The van der Waals surface area contributed by atoms with Gasteiger partial charge in [-0.3, -0.25) is 10.0 Å². The standard InChI is InChI=1S/C7H8BrNO2S/c1-4(7(10)9-11)5-2-3-6(8)12-5/h2-4,11H,1H3,(H,9,10). The molecular formula is C7H8BrNO2S. The van der Waals surface area contributed by atoms with E-state index < -0.39 is 0 Å². The van der Waals surface area contributed by atoms with Gasteiger partial charge in [-0.1, -0.05) is 0 Å². The van der Waals surface area contributed by atoms with Crippen molar-refractivity contribution in [2.45, 2.75) is 12.8 Å². The molecule has 12 heavy (non-hydrogen) atoms. The molecule has 66 valence electrons. The molecule has 3 nitrogen and oxygen atoms in total. The second-order valence-corrected chi connectivity index (χ2v) is 4.83. The van der Waals surface area contributed by atoms with E-state index in [0.717, 1.165) is 8.66 Å². The lowest BCUT2D eigenvalue weighted by Crippen LogP contribution is -2.23. The molecule has 0 fully saturated rings. The second-order valence-electron chi connectivity index (χ2n) is 2.34. The lowest BCUT2D eigenvalue weighted by atomic mass is 10.1. The monoisotopic (exact) mass is 249 g/mol. The fourth-order valence-electron chi connectivity index (χ4n) is 0.787. The van der Waals surface area contributed by atoms with Crippen LogP contribution in [0.15, 0.2) is 15.9 Å². The van der Waals surface area contributed by atoms with E-state index in [9.17, 15) is 4.79 Å². The number of hydrogen-bond acceptors (Lipinski definition) is 3. The van der Waals surface area contributed by atoms with Crippen molar-refractivity contribution >= 4 is 33.2 Å². The van der Waals surface area contributed by atoms with E-state index in [4.69, 9.17) is 5.21 Å². The van der Waals surface area contributed by atoms with E-state index in [1.807, 2.05) is 12.1 Å². The highest BCUT2D eigenvalue weighted by atomic mass is 79.9. The van der Waals surface area contributed by atoms with Gasteiger partial charge in [0, 0.05) is 4.88 Å². The highest BCUT2D eigenvalue weighted by Crippen LogP contribution is 2.28. The van der Waals surface area contributed by atoms with Crippen LogP contribution in [-0.2, 0) is 4.79 Å². The summed E-state index contributed by atoms with van der Waals surface area (Å²) >= 11 is 4.78. The lowest BCUT2D eigenvalue weighted by Gasteiger charge is -2.04. The SMILES string of the molecule is CC(C(=O)NO)c1ccc(Br)s1. The average Bonchev–Trinajstić information content (AvgIpc) is 2.49. The van der Waals surface area contributed by atoms with E-state index in [0.29, 0.717) is 0 Å². The third-order valence-electron chi connectivity index (χ3n) is 1.52. The zero-order chi connectivity index (χ0) is 9.14. The van der Waals surface area contributed by atoms with Gasteiger partial charge in [-0.05, 0) is 35.0 Å². The van der Waals surface area contributed by atoms with Gasteiger partial charge in [-0.15, -0.1) is 11.3 Å². The summed E-state index contributed by atoms with van der Waals surface area (Å²) in [5.74, 6) is -0.685. The summed E-state index contributed by atoms with van der Waals surface area (Å²) in [6.45, 7) is 1.74. The Bertz CT molecular complexity index is 287. The fraction of sp³-hybridized carbons (Fsp3) is 0.286. The van der Waals surface area contributed by atoms with Crippen LogP contribution in [0.4, 0.5) is 0 Å². The smallest absolute Gasteiger partial charge is 0.251 e. The van der Waals surface area contributed by atoms with Crippen molar-refractivity contribution in [1.29, 1.82) is 0 Å². The molecule has 0 saturated heterocycles. The van der Waals surface area contributed by atoms with E-state index >= 15 is 0 Å². The van der Waals surface area contributed by atoms with Crippen molar-refractivity contribution in [2.75, 3.05) is 0 Å². The molecular weight excluding hydrogens is 242 g/mol. The van der Waals surface area contributed by atoms with Crippen molar-refractivity contribution in [3.05, 3.63) is 20.8 Å². The number of carbonyl (C=O) groups is 1. The molecule has 0 aromatic carbocycles. The number of thiophene rings is 1. The first-order chi connectivity index (χ1) is 5.65. The molecule has 0 aliphatic heterocycles. The topological polar surface area (TPSA) is 49.3 Å². The van der Waals surface area contributed by atoms with Crippen molar-refractivity contribution in [3.8, 4) is 0 Å². The summed E-state index contributed by atoms with van der Waals surface area (Å²) in [7, 11) is 0. The van der Waals surface area contributed by atoms with Gasteiger partial charge < -0.3 is 0 Å². The van der Waals surface area contributed by atoms with Crippen LogP contribution in [0.5, 0.6) is 0 Å². The summed E-state index contributed by atoms with van der Waals surface area (Å²) in [4.78, 5) is 11.9. The Morgan fingerprint density at radius 2 is 2.42 bits per heavy atom. The van der Waals surface area contributed by atoms with Gasteiger partial charge in [-0.25, -0.2) is 5.48 Å². The minimum Gasteiger partial charge on any atom is -0.289 e. The summed E-state index contributed by atoms with van der Waals surface area (Å²) in [5, 5.41) is 8.37. The highest BCUT2D eigenvalue weighted by molar-refractivity contribution is 9.11. The average molecular weight is 250 g/mol. The Balaban J connectivity index is 2.77. The maximum atomic E-state index is 11.0. The quantitative estimate of drug-likeness (QED) is 0.624. The molecule has 1 unspecified atom stereocenters. The number of amides is 1. The molecule has 5 heteroatoms. The zero-order valence-corrected chi connectivity index (χ0v) is 8.78. The number of halogens is 1. The summed E-state index contributed by atoms with van der Waals surface area (Å²) in [6.07, 6.45) is 0. The van der Waals surface area contributed by atoms with Crippen LogP contribution in [0.1, 0.15) is 17.7 Å². The molecule has 1 rings (SSSR count). The molecule has 0 spiro atoms. The second kappa shape index (κ2) is 4.02. The van der Waals surface area contributed by atoms with Gasteiger partial charge in [0.1, 0.15) is 0 Å². The molecule has 0 radical (unpaired) electrons. The van der Waals surface area contributed by atoms with Gasteiger partial charge in [0.2, 0.25) is 0 Å². The predicted octanol–water partition coefficient (Wildman–Crippen LogP) is 2.12. The highest BCUT2D eigenvalue weighted by Gasteiger charge is 2.15. The van der Waals surface area contributed by atoms with Crippen LogP contribution in [0.2, 0.25) is 0 Å². The predicted molar refractivity (Wildman–Crippen MR) is 50.4 cm³/mol. The molecule has 1 aromatic heterocycles. The molecule has 2 N–H and O–H groups in total. The van der Waals surface area contributed by atoms with Crippen LogP contribution in [-0.4, -0.2) is 11.1 Å². The maximum Gasteiger partial charge on any atom is 0.251 e. The first kappa shape index (κ1) is 9.70. The Morgan fingerprint density at radius 3 is 2.83 bits per heavy atom. The number of hydroxylamine groups is 1. The molecule has 0 bridgehead atoms. The van der Waals surface area contributed by atoms with Crippen molar-refractivity contribution in [2.24, 2.45) is 0 Å². The Kier molecular flexibility index (Phi) is 3.25. The van der Waals surface area contributed by atoms with Crippen LogP contribution < -0.4 is 5.48 Å². The Hall–Kier alpha value is -0.390. The first-order valence-corrected chi connectivity index (χ1v) is 4.95. The van der Waals surface area contributed by atoms with E-state index in [2.05, 4.69) is 15.9 Å². The van der Waals surface area contributed by atoms with Crippen LogP contribution in [0, 0.1) is 0 Å². The van der Waals surface area contributed by atoms with Gasteiger partial charge in [0.15, 0.2) is 0 Å². The summed E-state index contributed by atoms with van der Waals surface area (Å²) in [6, 6.07) is 3.73. The summed E-state index contributed by atoms with van der Waals surface area (Å²) in [5.41, 5.74) is 1.62. The van der Waals surface area contributed by atoms with Gasteiger partial charge in [-0.2, -0.15) is 0 Å². The molecule has 0 aliphatic carbocycles. The van der Waals surface area contributed by atoms with Crippen LogP contribution >= 0.6 is 27.3 Å². The fourth-order valence-corrected chi connectivity index (χ4v) is 2.26. The molecule has 0 aliphatic rings. The molecule has 0 saturated carbocycles. The van der Waals surface area contributed by atoms with Crippen LogP contribution in [0.3, 0.4) is 0 Å². The van der Waals surface area contributed by atoms with Gasteiger partial charge in [0.05, 0.1) is 9.70 Å². The number of hydrogen-bond donors (Lipinski definition) is 2. The van der Waals surface area contributed by atoms with Gasteiger partial charge >= 0.3 is 0 Å². The lowest BCUT2D eigenvalue weighted by molar-refractivity contribution is -0.130. The molecule has 1 atom stereocenters. The van der Waals surface area contributed by atoms with Crippen LogP contribution in [0.25, 0.3) is 0 Å². The third kappa shape index (κ3) is 2.06. The molecule has 1 aromatic rings. The molecule has 1 heterocycles. The zero-order valence-electron chi connectivity index (χ0n) is 6.37. The third-order valence-corrected chi connectivity index (χ3v) is 3.33. The number of nitrogens with one attached hydrogen (secondary N) is 1. The minimum absolute atomic E-state index is 0.300. The Labute approximate surface area is 82.5 Å². The summed E-state index contributed by atoms with van der Waals surface area (Å²) < 4.78 is 0.982. The first-order valence-electron chi connectivity index (χ1n) is 3.34. The largest absolute Gasteiger partial charge is 0.289 e. The van der Waals surface area contributed by atoms with Crippen molar-refractivity contribution in [3.63, 3.8) is 0 Å². The van der Waals surface area contributed by atoms with Crippen molar-refractivity contribution < 1.29 is 10.0 Å². The number of rotatable bonds is 2. The van der Waals surface area contributed by atoms with E-state index in [-0.39, 0.29) is 11.8 Å². The maximum absolute atomic E-state index is 11.0.